The minimum absolute atomic E-state index is 0.322. The number of methoxy groups -OCH3 is 1. The summed E-state index contributed by atoms with van der Waals surface area (Å²) in [5, 5.41) is 0. The highest BCUT2D eigenvalue weighted by Crippen LogP contribution is 2.23. The fourth-order valence-corrected chi connectivity index (χ4v) is 1.36. The van der Waals surface area contributed by atoms with E-state index in [1.807, 2.05) is 26.0 Å². The van der Waals surface area contributed by atoms with Crippen molar-refractivity contribution in [2.45, 2.75) is 20.3 Å². The molecule has 1 aromatic rings. The van der Waals surface area contributed by atoms with Crippen LogP contribution in [0.4, 0.5) is 0 Å². The molecule has 0 aliphatic heterocycles. The number of carbonyl (C=O) groups is 1. The molecule has 0 saturated carbocycles. The van der Waals surface area contributed by atoms with Gasteiger partial charge in [0.1, 0.15) is 11.3 Å². The van der Waals surface area contributed by atoms with Gasteiger partial charge in [0.2, 0.25) is 0 Å². The molecule has 1 aromatic carbocycles. The zero-order chi connectivity index (χ0) is 11.3. The molecule has 1 rings (SSSR count). The molecule has 82 valence electrons. The largest absolute Gasteiger partial charge is 0.496 e. The van der Waals surface area contributed by atoms with E-state index in [2.05, 4.69) is 0 Å². The van der Waals surface area contributed by atoms with Gasteiger partial charge in [-0.1, -0.05) is 19.1 Å². The smallest absolute Gasteiger partial charge is 0.341 e. The number of hydrogen-bond acceptors (Lipinski definition) is 3. The second kappa shape index (κ2) is 5.39. The maximum absolute atomic E-state index is 11.6. The zero-order valence-electron chi connectivity index (χ0n) is 9.37. The SMILES string of the molecule is CCCOC(=O)c1cccc(C)c1OC. The standard InChI is InChI=1S/C12H16O3/c1-4-8-15-12(13)10-7-5-6-9(2)11(10)14-3/h5-7H,4,8H2,1-3H3. The predicted octanol–water partition coefficient (Wildman–Crippen LogP) is 2.57. The van der Waals surface area contributed by atoms with Gasteiger partial charge < -0.3 is 9.47 Å². The van der Waals surface area contributed by atoms with E-state index in [1.54, 1.807) is 13.2 Å². The van der Waals surface area contributed by atoms with Gasteiger partial charge in [0.25, 0.3) is 0 Å². The third-order valence-corrected chi connectivity index (χ3v) is 2.07. The summed E-state index contributed by atoms with van der Waals surface area (Å²) in [5.41, 5.74) is 1.43. The van der Waals surface area contributed by atoms with Crippen molar-refractivity contribution in [2.24, 2.45) is 0 Å². The minimum Gasteiger partial charge on any atom is -0.496 e. The summed E-state index contributed by atoms with van der Waals surface area (Å²) in [6, 6.07) is 5.43. The van der Waals surface area contributed by atoms with Crippen LogP contribution in [0.1, 0.15) is 29.3 Å². The maximum atomic E-state index is 11.6. The Morgan fingerprint density at radius 3 is 2.73 bits per heavy atom. The van der Waals surface area contributed by atoms with E-state index in [0.717, 1.165) is 12.0 Å². The van der Waals surface area contributed by atoms with Gasteiger partial charge in [-0.15, -0.1) is 0 Å². The lowest BCUT2D eigenvalue weighted by atomic mass is 10.1. The van der Waals surface area contributed by atoms with Gasteiger partial charge in [-0.2, -0.15) is 0 Å². The van der Waals surface area contributed by atoms with Crippen LogP contribution in [0, 0.1) is 6.92 Å². The lowest BCUT2D eigenvalue weighted by Crippen LogP contribution is -2.08. The number of aryl methyl sites for hydroxylation is 1. The molecule has 0 atom stereocenters. The van der Waals surface area contributed by atoms with Gasteiger partial charge in [0, 0.05) is 0 Å². The third-order valence-electron chi connectivity index (χ3n) is 2.07. The second-order valence-corrected chi connectivity index (χ2v) is 3.29. The molecule has 0 heterocycles. The molecular weight excluding hydrogens is 192 g/mol. The van der Waals surface area contributed by atoms with Crippen LogP contribution in [0.15, 0.2) is 18.2 Å². The van der Waals surface area contributed by atoms with Crippen molar-refractivity contribution < 1.29 is 14.3 Å². The lowest BCUT2D eigenvalue weighted by Gasteiger charge is -2.10. The molecule has 0 bridgehead atoms. The van der Waals surface area contributed by atoms with E-state index in [1.165, 1.54) is 0 Å². The molecule has 0 aliphatic carbocycles. The summed E-state index contributed by atoms with van der Waals surface area (Å²) in [6.45, 7) is 4.30. The molecule has 0 unspecified atom stereocenters. The molecule has 0 spiro atoms. The van der Waals surface area contributed by atoms with Crippen LogP contribution in [0.25, 0.3) is 0 Å². The van der Waals surface area contributed by atoms with Gasteiger partial charge >= 0.3 is 5.97 Å². The Hall–Kier alpha value is -1.51. The average Bonchev–Trinajstić information content (AvgIpc) is 2.25. The number of rotatable bonds is 4. The first-order valence-corrected chi connectivity index (χ1v) is 5.01. The number of ether oxygens (including phenoxy) is 2. The van der Waals surface area contributed by atoms with Crippen molar-refractivity contribution in [3.05, 3.63) is 29.3 Å². The molecule has 0 aromatic heterocycles. The van der Waals surface area contributed by atoms with Crippen molar-refractivity contribution in [1.82, 2.24) is 0 Å². The maximum Gasteiger partial charge on any atom is 0.341 e. The topological polar surface area (TPSA) is 35.5 Å². The van der Waals surface area contributed by atoms with Crippen molar-refractivity contribution >= 4 is 5.97 Å². The molecule has 0 saturated heterocycles. The first-order chi connectivity index (χ1) is 7.20. The number of carbonyl (C=O) groups excluding carboxylic acids is 1. The second-order valence-electron chi connectivity index (χ2n) is 3.29. The Balaban J connectivity index is 2.92. The molecule has 0 fully saturated rings. The molecule has 0 aliphatic rings. The number of hydrogen-bond donors (Lipinski definition) is 0. The molecular formula is C12H16O3. The Morgan fingerprint density at radius 1 is 1.40 bits per heavy atom. The van der Waals surface area contributed by atoms with Gasteiger partial charge in [-0.25, -0.2) is 4.79 Å². The van der Waals surface area contributed by atoms with Crippen LogP contribution in [-0.4, -0.2) is 19.7 Å². The summed E-state index contributed by atoms with van der Waals surface area (Å²) in [5.74, 6) is 0.274. The normalized spacial score (nSPS) is 9.80. The Labute approximate surface area is 90.0 Å². The van der Waals surface area contributed by atoms with Crippen LogP contribution >= 0.6 is 0 Å². The molecule has 0 N–H and O–H groups in total. The van der Waals surface area contributed by atoms with Crippen LogP contribution in [0.5, 0.6) is 5.75 Å². The third kappa shape index (κ3) is 2.72. The molecule has 3 nitrogen and oxygen atoms in total. The van der Waals surface area contributed by atoms with Gasteiger partial charge in [0.15, 0.2) is 0 Å². The van der Waals surface area contributed by atoms with Crippen molar-refractivity contribution in [3.8, 4) is 5.75 Å². The number of para-hydroxylation sites is 1. The summed E-state index contributed by atoms with van der Waals surface area (Å²) in [4.78, 5) is 11.6. The van der Waals surface area contributed by atoms with Gasteiger partial charge in [0.05, 0.1) is 13.7 Å². The highest BCUT2D eigenvalue weighted by Gasteiger charge is 2.14. The van der Waals surface area contributed by atoms with Crippen LogP contribution in [-0.2, 0) is 4.74 Å². The van der Waals surface area contributed by atoms with Crippen molar-refractivity contribution in [2.75, 3.05) is 13.7 Å². The fourth-order valence-electron chi connectivity index (χ4n) is 1.36. The molecule has 15 heavy (non-hydrogen) atoms. The van der Waals surface area contributed by atoms with E-state index >= 15 is 0 Å². The van der Waals surface area contributed by atoms with Crippen LogP contribution in [0.3, 0.4) is 0 Å². The summed E-state index contributed by atoms with van der Waals surface area (Å²) in [7, 11) is 1.55. The van der Waals surface area contributed by atoms with Crippen LogP contribution < -0.4 is 4.74 Å². The zero-order valence-corrected chi connectivity index (χ0v) is 9.37. The van der Waals surface area contributed by atoms with Crippen molar-refractivity contribution in [3.63, 3.8) is 0 Å². The predicted molar refractivity (Wildman–Crippen MR) is 58.3 cm³/mol. The quantitative estimate of drug-likeness (QED) is 0.713. The van der Waals surface area contributed by atoms with E-state index in [9.17, 15) is 4.79 Å². The Bertz CT molecular complexity index is 345. The summed E-state index contributed by atoms with van der Waals surface area (Å²) >= 11 is 0. The average molecular weight is 208 g/mol. The van der Waals surface area contributed by atoms with E-state index in [0.29, 0.717) is 17.9 Å². The summed E-state index contributed by atoms with van der Waals surface area (Å²) in [6.07, 6.45) is 0.819. The highest BCUT2D eigenvalue weighted by atomic mass is 16.5. The number of benzene rings is 1. The summed E-state index contributed by atoms with van der Waals surface area (Å²) < 4.78 is 10.2. The van der Waals surface area contributed by atoms with E-state index < -0.39 is 0 Å². The highest BCUT2D eigenvalue weighted by molar-refractivity contribution is 5.93. The van der Waals surface area contributed by atoms with E-state index in [-0.39, 0.29) is 5.97 Å². The molecule has 0 radical (unpaired) electrons. The first-order valence-electron chi connectivity index (χ1n) is 5.01. The molecule has 3 heteroatoms. The lowest BCUT2D eigenvalue weighted by molar-refractivity contribution is 0.0501. The fraction of sp³-hybridized carbons (Fsp3) is 0.417. The van der Waals surface area contributed by atoms with Gasteiger partial charge in [-0.05, 0) is 25.0 Å². The minimum atomic E-state index is -0.322. The van der Waals surface area contributed by atoms with E-state index in [4.69, 9.17) is 9.47 Å². The number of esters is 1. The van der Waals surface area contributed by atoms with Crippen LogP contribution in [0.2, 0.25) is 0 Å². The Kier molecular flexibility index (Phi) is 4.16. The van der Waals surface area contributed by atoms with Gasteiger partial charge in [-0.3, -0.25) is 0 Å². The molecule has 0 amide bonds. The first kappa shape index (κ1) is 11.6. The van der Waals surface area contributed by atoms with Crippen molar-refractivity contribution in [1.29, 1.82) is 0 Å². The Morgan fingerprint density at radius 2 is 2.13 bits per heavy atom. The monoisotopic (exact) mass is 208 g/mol.